The Balaban J connectivity index is 2.22. The Hall–Kier alpha value is -1.00. The molecule has 1 heterocycles. The molecule has 0 amide bonds. The first-order chi connectivity index (χ1) is 10.8. The second-order valence-corrected chi connectivity index (χ2v) is 9.07. The van der Waals surface area contributed by atoms with E-state index in [0.29, 0.717) is 32.7 Å². The standard InChI is InChI=1S/C14H22N2O5S2/c1-3-12(2)15-22(17,18)13-4-6-14(7-5-13)23(19,20)16-8-10-21-11-9-16/h4-7,12,15H,3,8-11H2,1-2H3/t12-/m0/s1. The Morgan fingerprint density at radius 3 is 2.13 bits per heavy atom. The van der Waals surface area contributed by atoms with Crippen molar-refractivity contribution in [3.63, 3.8) is 0 Å². The van der Waals surface area contributed by atoms with Crippen molar-refractivity contribution >= 4 is 20.0 Å². The molecule has 0 saturated carbocycles. The molecule has 1 atom stereocenters. The minimum absolute atomic E-state index is 0.0544. The van der Waals surface area contributed by atoms with E-state index in [2.05, 4.69) is 4.72 Å². The zero-order valence-corrected chi connectivity index (χ0v) is 14.9. The monoisotopic (exact) mass is 362 g/mol. The van der Waals surface area contributed by atoms with E-state index >= 15 is 0 Å². The fourth-order valence-corrected chi connectivity index (χ4v) is 4.88. The van der Waals surface area contributed by atoms with Crippen molar-refractivity contribution in [3.8, 4) is 0 Å². The van der Waals surface area contributed by atoms with E-state index in [0.717, 1.165) is 0 Å². The number of hydrogen-bond acceptors (Lipinski definition) is 5. The molecule has 1 N–H and O–H groups in total. The van der Waals surface area contributed by atoms with Crippen LogP contribution in [0.25, 0.3) is 0 Å². The topological polar surface area (TPSA) is 92.8 Å². The van der Waals surface area contributed by atoms with Gasteiger partial charge in [-0.2, -0.15) is 4.31 Å². The number of nitrogens with one attached hydrogen (secondary N) is 1. The van der Waals surface area contributed by atoms with Gasteiger partial charge in [-0.05, 0) is 37.6 Å². The van der Waals surface area contributed by atoms with Crippen LogP contribution < -0.4 is 4.72 Å². The third-order valence-corrected chi connectivity index (χ3v) is 7.23. The zero-order valence-electron chi connectivity index (χ0n) is 13.2. The van der Waals surface area contributed by atoms with Crippen LogP contribution in [0.2, 0.25) is 0 Å². The molecule has 1 fully saturated rings. The first-order valence-corrected chi connectivity index (χ1v) is 10.4. The lowest BCUT2D eigenvalue weighted by Gasteiger charge is -2.26. The molecule has 0 spiro atoms. The lowest BCUT2D eigenvalue weighted by Crippen LogP contribution is -2.40. The van der Waals surface area contributed by atoms with E-state index in [9.17, 15) is 16.8 Å². The van der Waals surface area contributed by atoms with Crippen molar-refractivity contribution in [3.05, 3.63) is 24.3 Å². The van der Waals surface area contributed by atoms with Crippen molar-refractivity contribution in [2.45, 2.75) is 36.1 Å². The second-order valence-electron chi connectivity index (χ2n) is 5.42. The van der Waals surface area contributed by atoms with Crippen LogP contribution in [0.15, 0.2) is 34.1 Å². The van der Waals surface area contributed by atoms with Gasteiger partial charge in [-0.15, -0.1) is 0 Å². The third kappa shape index (κ3) is 4.30. The van der Waals surface area contributed by atoms with Crippen LogP contribution in [-0.2, 0) is 24.8 Å². The minimum Gasteiger partial charge on any atom is -0.379 e. The highest BCUT2D eigenvalue weighted by atomic mass is 32.2. The summed E-state index contributed by atoms with van der Waals surface area (Å²) in [6.45, 7) is 4.99. The molecule has 1 aliphatic rings. The number of morpholine rings is 1. The number of benzene rings is 1. The summed E-state index contributed by atoms with van der Waals surface area (Å²) < 4.78 is 58.3. The molecule has 0 radical (unpaired) electrons. The summed E-state index contributed by atoms with van der Waals surface area (Å²) >= 11 is 0. The van der Waals surface area contributed by atoms with Gasteiger partial charge in [-0.3, -0.25) is 0 Å². The molecule has 130 valence electrons. The van der Waals surface area contributed by atoms with E-state index in [4.69, 9.17) is 4.74 Å². The van der Waals surface area contributed by atoms with E-state index in [1.54, 1.807) is 6.92 Å². The molecule has 23 heavy (non-hydrogen) atoms. The Morgan fingerprint density at radius 1 is 1.09 bits per heavy atom. The number of rotatable bonds is 6. The summed E-state index contributed by atoms with van der Waals surface area (Å²) in [4.78, 5) is 0.139. The van der Waals surface area contributed by atoms with Gasteiger partial charge in [0.1, 0.15) is 0 Å². The average Bonchev–Trinajstić information content (AvgIpc) is 2.55. The first kappa shape index (κ1) is 18.3. The molecule has 1 aliphatic heterocycles. The van der Waals surface area contributed by atoms with Crippen molar-refractivity contribution in [2.75, 3.05) is 26.3 Å². The number of ether oxygens (including phenoxy) is 1. The lowest BCUT2D eigenvalue weighted by molar-refractivity contribution is 0.0730. The van der Waals surface area contributed by atoms with Crippen LogP contribution >= 0.6 is 0 Å². The smallest absolute Gasteiger partial charge is 0.243 e. The van der Waals surface area contributed by atoms with Gasteiger partial charge < -0.3 is 4.74 Å². The van der Waals surface area contributed by atoms with E-state index in [1.165, 1.54) is 28.6 Å². The Kier molecular flexibility index (Phi) is 5.79. The maximum Gasteiger partial charge on any atom is 0.243 e. The summed E-state index contributed by atoms with van der Waals surface area (Å²) in [5.74, 6) is 0. The zero-order chi connectivity index (χ0) is 17.1. The molecule has 0 unspecified atom stereocenters. The van der Waals surface area contributed by atoms with Gasteiger partial charge >= 0.3 is 0 Å². The van der Waals surface area contributed by atoms with Gasteiger partial charge in [0.25, 0.3) is 0 Å². The predicted octanol–water partition coefficient (Wildman–Crippen LogP) is 0.784. The minimum atomic E-state index is -3.64. The maximum absolute atomic E-state index is 12.5. The fourth-order valence-electron chi connectivity index (χ4n) is 2.14. The summed E-state index contributed by atoms with van der Waals surface area (Å²) in [6, 6.07) is 5.11. The fraction of sp³-hybridized carbons (Fsp3) is 0.571. The molecule has 1 aromatic rings. The summed E-state index contributed by atoms with van der Waals surface area (Å²) in [5, 5.41) is 0. The quantitative estimate of drug-likeness (QED) is 0.807. The van der Waals surface area contributed by atoms with E-state index in [-0.39, 0.29) is 15.8 Å². The van der Waals surface area contributed by atoms with E-state index < -0.39 is 20.0 Å². The van der Waals surface area contributed by atoms with Gasteiger partial charge in [-0.1, -0.05) is 6.92 Å². The second kappa shape index (κ2) is 7.27. The summed E-state index contributed by atoms with van der Waals surface area (Å²) in [7, 11) is -7.25. The van der Waals surface area contributed by atoms with Crippen LogP contribution in [0.3, 0.4) is 0 Å². The predicted molar refractivity (Wildman–Crippen MR) is 86.1 cm³/mol. The molecule has 1 saturated heterocycles. The van der Waals surface area contributed by atoms with E-state index in [1.807, 2.05) is 6.92 Å². The molecule has 2 rings (SSSR count). The van der Waals surface area contributed by atoms with Crippen molar-refractivity contribution in [1.29, 1.82) is 0 Å². The van der Waals surface area contributed by atoms with Crippen LogP contribution in [0.1, 0.15) is 20.3 Å². The third-order valence-electron chi connectivity index (χ3n) is 3.71. The normalized spacial score (nSPS) is 18.7. The van der Waals surface area contributed by atoms with Crippen molar-refractivity contribution < 1.29 is 21.6 Å². The van der Waals surface area contributed by atoms with Crippen LogP contribution in [0, 0.1) is 0 Å². The molecular weight excluding hydrogens is 340 g/mol. The van der Waals surface area contributed by atoms with Crippen LogP contribution in [0.5, 0.6) is 0 Å². The highest BCUT2D eigenvalue weighted by Gasteiger charge is 2.27. The Labute approximate surface area is 137 Å². The molecule has 9 heteroatoms. The number of hydrogen-bond donors (Lipinski definition) is 1. The highest BCUT2D eigenvalue weighted by Crippen LogP contribution is 2.19. The highest BCUT2D eigenvalue weighted by molar-refractivity contribution is 7.89. The average molecular weight is 362 g/mol. The van der Waals surface area contributed by atoms with Gasteiger partial charge in [-0.25, -0.2) is 21.6 Å². The number of sulfonamides is 2. The molecule has 0 bridgehead atoms. The molecular formula is C14H22N2O5S2. The van der Waals surface area contributed by atoms with Crippen LogP contribution in [-0.4, -0.2) is 53.5 Å². The Morgan fingerprint density at radius 2 is 1.61 bits per heavy atom. The van der Waals surface area contributed by atoms with Gasteiger partial charge in [0.15, 0.2) is 0 Å². The molecule has 0 aliphatic carbocycles. The van der Waals surface area contributed by atoms with Gasteiger partial charge in [0.2, 0.25) is 20.0 Å². The first-order valence-electron chi connectivity index (χ1n) is 7.47. The van der Waals surface area contributed by atoms with Gasteiger partial charge in [0, 0.05) is 19.1 Å². The van der Waals surface area contributed by atoms with Crippen molar-refractivity contribution in [2.24, 2.45) is 0 Å². The van der Waals surface area contributed by atoms with Crippen molar-refractivity contribution in [1.82, 2.24) is 9.03 Å². The molecule has 7 nitrogen and oxygen atoms in total. The SMILES string of the molecule is CC[C@H](C)NS(=O)(=O)c1ccc(S(=O)(=O)N2CCOCC2)cc1. The number of nitrogens with zero attached hydrogens (tertiary/aromatic N) is 1. The Bertz CT molecular complexity index is 723. The summed E-state index contributed by atoms with van der Waals surface area (Å²) in [5.41, 5.74) is 0. The van der Waals surface area contributed by atoms with Gasteiger partial charge in [0.05, 0.1) is 23.0 Å². The maximum atomic E-state index is 12.5. The van der Waals surface area contributed by atoms with Crippen LogP contribution in [0.4, 0.5) is 0 Å². The lowest BCUT2D eigenvalue weighted by atomic mass is 10.3. The summed E-state index contributed by atoms with van der Waals surface area (Å²) in [6.07, 6.45) is 0.669. The molecule has 1 aromatic carbocycles. The largest absolute Gasteiger partial charge is 0.379 e. The molecule has 0 aromatic heterocycles.